The van der Waals surface area contributed by atoms with E-state index in [2.05, 4.69) is 4.98 Å². The van der Waals surface area contributed by atoms with Crippen molar-refractivity contribution in [1.82, 2.24) is 9.55 Å². The molecule has 0 bridgehead atoms. The fourth-order valence-corrected chi connectivity index (χ4v) is 2.76. The Morgan fingerprint density at radius 3 is 2.67 bits per heavy atom. The molecule has 1 aromatic carbocycles. The maximum atomic E-state index is 11.3. The number of hydrogen-bond acceptors (Lipinski definition) is 6. The number of benzene rings is 1. The van der Waals surface area contributed by atoms with Crippen LogP contribution in [0.1, 0.15) is 18.7 Å². The van der Waals surface area contributed by atoms with Crippen molar-refractivity contribution in [2.75, 3.05) is 7.11 Å². The molecule has 0 unspecified atom stereocenters. The first-order chi connectivity index (χ1) is 10.0. The molecule has 2 heterocycles. The van der Waals surface area contributed by atoms with Crippen LogP contribution < -0.4 is 4.74 Å². The molecule has 9 heteroatoms. The zero-order chi connectivity index (χ0) is 15.1. The number of nitro groups is 2. The van der Waals surface area contributed by atoms with Crippen LogP contribution in [0.25, 0.3) is 11.0 Å². The lowest BCUT2D eigenvalue weighted by Gasteiger charge is -2.13. The SMILES string of the molecule is COc1c([N+](=O)[O-])cc2c(nc3n2CCCC3)c1[N+](=O)[O-]. The van der Waals surface area contributed by atoms with Gasteiger partial charge in [-0.15, -0.1) is 0 Å². The standard InChI is InChI=1S/C12H12N4O5/c1-21-12-8(15(17)18)6-7-10(11(12)16(19)20)13-9-4-2-3-5-14(7)9/h6H,2-5H2,1H3. The summed E-state index contributed by atoms with van der Waals surface area (Å²) in [4.78, 5) is 25.5. The largest absolute Gasteiger partial charge is 0.485 e. The highest BCUT2D eigenvalue weighted by atomic mass is 16.6. The van der Waals surface area contributed by atoms with E-state index < -0.39 is 21.2 Å². The van der Waals surface area contributed by atoms with Crippen molar-refractivity contribution in [2.24, 2.45) is 0 Å². The molecule has 1 aliphatic heterocycles. The second-order valence-corrected chi connectivity index (χ2v) is 4.80. The van der Waals surface area contributed by atoms with Crippen LogP contribution in [0.4, 0.5) is 11.4 Å². The van der Waals surface area contributed by atoms with Gasteiger partial charge in [-0.3, -0.25) is 20.2 Å². The lowest BCUT2D eigenvalue weighted by Crippen LogP contribution is -2.10. The summed E-state index contributed by atoms with van der Waals surface area (Å²) in [5.41, 5.74) is -0.281. The van der Waals surface area contributed by atoms with E-state index in [1.165, 1.54) is 13.2 Å². The van der Waals surface area contributed by atoms with Crippen molar-refractivity contribution in [3.8, 4) is 5.75 Å². The summed E-state index contributed by atoms with van der Waals surface area (Å²) in [5, 5.41) is 22.5. The average Bonchev–Trinajstić information content (AvgIpc) is 2.82. The molecule has 0 saturated heterocycles. The summed E-state index contributed by atoms with van der Waals surface area (Å²) in [6.07, 6.45) is 2.59. The second-order valence-electron chi connectivity index (χ2n) is 4.80. The number of nitrogens with zero attached hydrogens (tertiary/aromatic N) is 4. The number of rotatable bonds is 3. The van der Waals surface area contributed by atoms with Crippen LogP contribution in [0.5, 0.6) is 5.75 Å². The summed E-state index contributed by atoms with van der Waals surface area (Å²) < 4.78 is 6.72. The highest BCUT2D eigenvalue weighted by Gasteiger charge is 2.33. The highest BCUT2D eigenvalue weighted by molar-refractivity contribution is 5.92. The van der Waals surface area contributed by atoms with Gasteiger partial charge in [-0.2, -0.15) is 0 Å². The van der Waals surface area contributed by atoms with Crippen molar-refractivity contribution >= 4 is 22.4 Å². The Bertz CT molecular complexity index is 767. The summed E-state index contributed by atoms with van der Waals surface area (Å²) in [7, 11) is 1.18. The fraction of sp³-hybridized carbons (Fsp3) is 0.417. The number of hydrogen-bond donors (Lipinski definition) is 0. The zero-order valence-electron chi connectivity index (χ0n) is 11.2. The van der Waals surface area contributed by atoms with Crippen molar-refractivity contribution in [3.63, 3.8) is 0 Å². The van der Waals surface area contributed by atoms with Crippen molar-refractivity contribution in [3.05, 3.63) is 32.1 Å². The number of methoxy groups -OCH3 is 1. The Labute approximate surface area is 118 Å². The first kappa shape index (κ1) is 13.3. The summed E-state index contributed by atoms with van der Waals surface area (Å²) >= 11 is 0. The van der Waals surface area contributed by atoms with Gasteiger partial charge in [-0.1, -0.05) is 0 Å². The molecule has 0 atom stereocenters. The third kappa shape index (κ3) is 1.89. The Hall–Kier alpha value is -2.71. The molecule has 0 N–H and O–H groups in total. The van der Waals surface area contributed by atoms with Crippen LogP contribution >= 0.6 is 0 Å². The molecule has 2 aromatic rings. The lowest BCUT2D eigenvalue weighted by atomic mass is 10.1. The van der Waals surface area contributed by atoms with E-state index in [-0.39, 0.29) is 11.3 Å². The maximum Gasteiger partial charge on any atom is 0.345 e. The van der Waals surface area contributed by atoms with Gasteiger partial charge in [0.2, 0.25) is 0 Å². The highest BCUT2D eigenvalue weighted by Crippen LogP contribution is 2.43. The minimum atomic E-state index is -0.673. The molecule has 1 aromatic heterocycles. The van der Waals surface area contributed by atoms with Crippen LogP contribution in [0.2, 0.25) is 0 Å². The number of aromatic nitrogens is 2. The van der Waals surface area contributed by atoms with Gasteiger partial charge in [0.15, 0.2) is 5.52 Å². The quantitative estimate of drug-likeness (QED) is 0.632. The van der Waals surface area contributed by atoms with Gasteiger partial charge in [0.25, 0.3) is 5.75 Å². The minimum absolute atomic E-state index is 0.152. The van der Waals surface area contributed by atoms with Gasteiger partial charge in [0.05, 0.1) is 22.5 Å². The number of aryl methyl sites for hydroxylation is 2. The number of nitro benzene ring substituents is 2. The third-order valence-corrected chi connectivity index (χ3v) is 3.65. The molecule has 21 heavy (non-hydrogen) atoms. The third-order valence-electron chi connectivity index (χ3n) is 3.65. The predicted molar refractivity (Wildman–Crippen MR) is 72.5 cm³/mol. The Morgan fingerprint density at radius 1 is 1.29 bits per heavy atom. The second kappa shape index (κ2) is 4.69. The van der Waals surface area contributed by atoms with E-state index in [4.69, 9.17) is 4.74 Å². The average molecular weight is 292 g/mol. The normalized spacial score (nSPS) is 14.0. The van der Waals surface area contributed by atoms with Gasteiger partial charge in [0, 0.05) is 19.0 Å². The molecular formula is C12H12N4O5. The molecule has 1 aliphatic rings. The molecule has 0 amide bonds. The van der Waals surface area contributed by atoms with E-state index >= 15 is 0 Å². The van der Waals surface area contributed by atoms with E-state index in [0.29, 0.717) is 18.5 Å². The van der Waals surface area contributed by atoms with E-state index in [1.807, 2.05) is 4.57 Å². The predicted octanol–water partition coefficient (Wildman–Crippen LogP) is 2.20. The van der Waals surface area contributed by atoms with E-state index in [0.717, 1.165) is 18.7 Å². The first-order valence-corrected chi connectivity index (χ1v) is 6.43. The smallest absolute Gasteiger partial charge is 0.345 e. The van der Waals surface area contributed by atoms with Crippen LogP contribution in [-0.4, -0.2) is 26.5 Å². The van der Waals surface area contributed by atoms with E-state index in [1.54, 1.807) is 0 Å². The first-order valence-electron chi connectivity index (χ1n) is 6.43. The molecule has 3 rings (SSSR count). The molecule has 0 saturated carbocycles. The molecule has 9 nitrogen and oxygen atoms in total. The number of imidazole rings is 1. The van der Waals surface area contributed by atoms with Crippen LogP contribution in [0.3, 0.4) is 0 Å². The molecule has 0 aliphatic carbocycles. The Morgan fingerprint density at radius 2 is 2.05 bits per heavy atom. The Kier molecular flexibility index (Phi) is 2.96. The van der Waals surface area contributed by atoms with Crippen molar-refractivity contribution < 1.29 is 14.6 Å². The van der Waals surface area contributed by atoms with Crippen molar-refractivity contribution in [2.45, 2.75) is 25.8 Å². The summed E-state index contributed by atoms with van der Waals surface area (Å²) in [6.45, 7) is 0.659. The summed E-state index contributed by atoms with van der Waals surface area (Å²) in [6, 6.07) is 1.31. The van der Waals surface area contributed by atoms with Gasteiger partial charge in [0.1, 0.15) is 5.82 Å². The Balaban J connectivity index is 2.44. The maximum absolute atomic E-state index is 11.3. The van der Waals surface area contributed by atoms with E-state index in [9.17, 15) is 20.2 Å². The topological polar surface area (TPSA) is 113 Å². The molecule has 110 valence electrons. The van der Waals surface area contributed by atoms with Gasteiger partial charge < -0.3 is 9.30 Å². The van der Waals surface area contributed by atoms with Gasteiger partial charge in [-0.25, -0.2) is 4.98 Å². The molecular weight excluding hydrogens is 280 g/mol. The fourth-order valence-electron chi connectivity index (χ4n) is 2.76. The molecule has 0 spiro atoms. The van der Waals surface area contributed by atoms with Gasteiger partial charge >= 0.3 is 11.4 Å². The van der Waals surface area contributed by atoms with Crippen LogP contribution in [0.15, 0.2) is 6.07 Å². The number of ether oxygens (including phenoxy) is 1. The molecule has 0 radical (unpaired) electrons. The van der Waals surface area contributed by atoms with Crippen molar-refractivity contribution in [1.29, 1.82) is 0 Å². The summed E-state index contributed by atoms with van der Waals surface area (Å²) in [5.74, 6) is 0.370. The van der Waals surface area contributed by atoms with Gasteiger partial charge in [-0.05, 0) is 12.8 Å². The van der Waals surface area contributed by atoms with Crippen LogP contribution in [0, 0.1) is 20.2 Å². The number of fused-ring (bicyclic) bond motifs is 3. The zero-order valence-corrected chi connectivity index (χ0v) is 11.2. The minimum Gasteiger partial charge on any atom is -0.485 e. The lowest BCUT2D eigenvalue weighted by molar-refractivity contribution is -0.394. The monoisotopic (exact) mass is 292 g/mol. The van der Waals surface area contributed by atoms with Crippen LogP contribution in [-0.2, 0) is 13.0 Å². The molecule has 0 fully saturated rings.